The number of anilines is 1. The molecular formula is C14H20N2O3S. The topological polar surface area (TPSA) is 66.5 Å². The van der Waals surface area contributed by atoms with Gasteiger partial charge in [0.05, 0.1) is 6.26 Å². The minimum atomic E-state index is -3.46. The van der Waals surface area contributed by atoms with Crippen LogP contribution in [0.4, 0.5) is 5.69 Å². The zero-order valence-corrected chi connectivity index (χ0v) is 12.8. The molecule has 2 atom stereocenters. The second-order valence-electron chi connectivity index (χ2n) is 5.28. The highest BCUT2D eigenvalue weighted by Gasteiger charge is 2.38. The minimum absolute atomic E-state index is 0.0426. The van der Waals surface area contributed by atoms with Crippen LogP contribution in [0.3, 0.4) is 0 Å². The lowest BCUT2D eigenvalue weighted by Crippen LogP contribution is -2.48. The van der Waals surface area contributed by atoms with E-state index < -0.39 is 16.1 Å². The molecule has 5 nitrogen and oxygen atoms in total. The fourth-order valence-electron chi connectivity index (χ4n) is 2.47. The van der Waals surface area contributed by atoms with Crippen molar-refractivity contribution < 1.29 is 13.2 Å². The van der Waals surface area contributed by atoms with Gasteiger partial charge in [0.1, 0.15) is 6.04 Å². The van der Waals surface area contributed by atoms with E-state index in [4.69, 9.17) is 0 Å². The molecule has 0 aliphatic carbocycles. The Labute approximate surface area is 120 Å². The first-order valence-corrected chi connectivity index (χ1v) is 8.55. The van der Waals surface area contributed by atoms with Crippen LogP contribution in [0.5, 0.6) is 0 Å². The predicted octanol–water partition coefficient (Wildman–Crippen LogP) is 1.81. The zero-order chi connectivity index (χ0) is 14.9. The van der Waals surface area contributed by atoms with Crippen molar-refractivity contribution in [1.29, 1.82) is 0 Å². The number of sulfonamides is 1. The van der Waals surface area contributed by atoms with Gasteiger partial charge >= 0.3 is 0 Å². The van der Waals surface area contributed by atoms with Crippen LogP contribution < -0.4 is 5.32 Å². The van der Waals surface area contributed by atoms with Crippen LogP contribution in [-0.4, -0.2) is 30.9 Å². The molecule has 1 aliphatic heterocycles. The predicted molar refractivity (Wildman–Crippen MR) is 78.7 cm³/mol. The molecule has 1 heterocycles. The van der Waals surface area contributed by atoms with Crippen LogP contribution in [0.2, 0.25) is 0 Å². The highest BCUT2D eigenvalue weighted by atomic mass is 32.2. The van der Waals surface area contributed by atoms with Gasteiger partial charge < -0.3 is 5.32 Å². The van der Waals surface area contributed by atoms with E-state index in [0.29, 0.717) is 5.69 Å². The molecule has 20 heavy (non-hydrogen) atoms. The maximum atomic E-state index is 12.4. The quantitative estimate of drug-likeness (QED) is 0.925. The van der Waals surface area contributed by atoms with E-state index in [0.717, 1.165) is 18.2 Å². The number of benzene rings is 1. The van der Waals surface area contributed by atoms with Crippen molar-refractivity contribution in [3.05, 3.63) is 29.8 Å². The molecule has 0 spiro atoms. The number of nitrogens with zero attached hydrogens (tertiary/aromatic N) is 1. The van der Waals surface area contributed by atoms with Crippen molar-refractivity contribution in [3.63, 3.8) is 0 Å². The Bertz CT molecular complexity index is 613. The number of hydrogen-bond acceptors (Lipinski definition) is 3. The largest absolute Gasteiger partial charge is 0.324 e. The average Bonchev–Trinajstić information content (AvgIpc) is 2.53. The van der Waals surface area contributed by atoms with E-state index in [9.17, 15) is 13.2 Å². The van der Waals surface area contributed by atoms with Gasteiger partial charge in [0.2, 0.25) is 15.9 Å². The van der Waals surface area contributed by atoms with E-state index in [-0.39, 0.29) is 18.4 Å². The SMILES string of the molecule is CCC(C)[C@H]1C(=O)Nc2ccccc2CN1S(C)(=O)=O. The van der Waals surface area contributed by atoms with Gasteiger partial charge in [0.15, 0.2) is 0 Å². The molecule has 6 heteroatoms. The van der Waals surface area contributed by atoms with Crippen LogP contribution in [0.1, 0.15) is 25.8 Å². The first kappa shape index (κ1) is 15.0. The summed E-state index contributed by atoms with van der Waals surface area (Å²) in [7, 11) is -3.46. The summed E-state index contributed by atoms with van der Waals surface area (Å²) in [4.78, 5) is 12.4. The van der Waals surface area contributed by atoms with Gasteiger partial charge in [-0.3, -0.25) is 4.79 Å². The number of carbonyl (C=O) groups is 1. The van der Waals surface area contributed by atoms with Crippen molar-refractivity contribution in [2.75, 3.05) is 11.6 Å². The Morgan fingerprint density at radius 3 is 2.65 bits per heavy atom. The lowest BCUT2D eigenvalue weighted by molar-refractivity contribution is -0.121. The molecule has 0 aromatic heterocycles. The summed E-state index contributed by atoms with van der Waals surface area (Å²) in [5.74, 6) is -0.297. The molecule has 0 radical (unpaired) electrons. The number of nitrogens with one attached hydrogen (secondary N) is 1. The Hall–Kier alpha value is -1.40. The van der Waals surface area contributed by atoms with Crippen molar-refractivity contribution in [1.82, 2.24) is 4.31 Å². The third kappa shape index (κ3) is 2.86. The van der Waals surface area contributed by atoms with Gasteiger partial charge in [-0.1, -0.05) is 38.5 Å². The molecule has 1 aromatic rings. The Balaban J connectivity index is 2.51. The van der Waals surface area contributed by atoms with Crippen LogP contribution in [-0.2, 0) is 21.4 Å². The summed E-state index contributed by atoms with van der Waals surface area (Å²) in [6.45, 7) is 4.08. The molecule has 1 N–H and O–H groups in total. The molecule has 110 valence electrons. The van der Waals surface area contributed by atoms with Gasteiger partial charge in [-0.25, -0.2) is 8.42 Å². The second-order valence-corrected chi connectivity index (χ2v) is 7.22. The summed E-state index contributed by atoms with van der Waals surface area (Å²) in [6, 6.07) is 6.64. The number of rotatable bonds is 3. The highest BCUT2D eigenvalue weighted by Crippen LogP contribution is 2.28. The van der Waals surface area contributed by atoms with Crippen molar-refractivity contribution in [2.24, 2.45) is 5.92 Å². The van der Waals surface area contributed by atoms with E-state index in [1.165, 1.54) is 4.31 Å². The molecule has 0 bridgehead atoms. The molecule has 0 saturated carbocycles. The fraction of sp³-hybridized carbons (Fsp3) is 0.500. The van der Waals surface area contributed by atoms with Gasteiger partial charge in [-0.05, 0) is 17.5 Å². The zero-order valence-electron chi connectivity index (χ0n) is 12.0. The molecule has 1 amide bonds. The fourth-order valence-corrected chi connectivity index (χ4v) is 3.56. The van der Waals surface area contributed by atoms with E-state index in [1.807, 2.05) is 32.0 Å². The lowest BCUT2D eigenvalue weighted by atomic mass is 9.98. The van der Waals surface area contributed by atoms with Crippen LogP contribution in [0, 0.1) is 5.92 Å². The van der Waals surface area contributed by atoms with Gasteiger partial charge in [0, 0.05) is 12.2 Å². The standard InChI is InChI=1S/C14H20N2O3S/c1-4-10(2)13-14(17)15-12-8-6-5-7-11(12)9-16(13)20(3,18)19/h5-8,10,13H,4,9H2,1-3H3,(H,15,17)/t10?,13-/m0/s1. The van der Waals surface area contributed by atoms with Gasteiger partial charge in [-0.2, -0.15) is 4.31 Å². The number of fused-ring (bicyclic) bond motifs is 1. The Kier molecular flexibility index (Phi) is 4.15. The first-order valence-electron chi connectivity index (χ1n) is 6.70. The number of hydrogen-bond donors (Lipinski definition) is 1. The smallest absolute Gasteiger partial charge is 0.243 e. The molecule has 1 aromatic carbocycles. The third-order valence-corrected chi connectivity index (χ3v) is 5.00. The highest BCUT2D eigenvalue weighted by molar-refractivity contribution is 7.88. The molecule has 0 saturated heterocycles. The summed E-state index contributed by atoms with van der Waals surface area (Å²) in [5.41, 5.74) is 1.51. The Morgan fingerprint density at radius 2 is 2.05 bits per heavy atom. The summed E-state index contributed by atoms with van der Waals surface area (Å²) < 4.78 is 25.5. The minimum Gasteiger partial charge on any atom is -0.324 e. The molecule has 1 unspecified atom stereocenters. The van der Waals surface area contributed by atoms with Gasteiger partial charge in [0.25, 0.3) is 0 Å². The molecule has 2 rings (SSSR count). The number of amides is 1. The monoisotopic (exact) mass is 296 g/mol. The van der Waals surface area contributed by atoms with Crippen LogP contribution >= 0.6 is 0 Å². The van der Waals surface area contributed by atoms with Crippen molar-refractivity contribution in [3.8, 4) is 0 Å². The third-order valence-electron chi connectivity index (χ3n) is 3.79. The van der Waals surface area contributed by atoms with Gasteiger partial charge in [-0.15, -0.1) is 0 Å². The van der Waals surface area contributed by atoms with E-state index in [2.05, 4.69) is 5.32 Å². The lowest BCUT2D eigenvalue weighted by Gasteiger charge is -2.30. The Morgan fingerprint density at radius 1 is 1.40 bits per heavy atom. The molecular weight excluding hydrogens is 276 g/mol. The summed E-state index contributed by atoms with van der Waals surface area (Å²) >= 11 is 0. The molecule has 1 aliphatic rings. The molecule has 0 fully saturated rings. The van der Waals surface area contributed by atoms with Crippen LogP contribution in [0.15, 0.2) is 24.3 Å². The van der Waals surface area contributed by atoms with E-state index in [1.54, 1.807) is 6.07 Å². The maximum Gasteiger partial charge on any atom is 0.243 e. The van der Waals surface area contributed by atoms with E-state index >= 15 is 0 Å². The van der Waals surface area contributed by atoms with Crippen molar-refractivity contribution in [2.45, 2.75) is 32.9 Å². The average molecular weight is 296 g/mol. The number of carbonyl (C=O) groups excluding carboxylic acids is 1. The normalized spacial score (nSPS) is 21.8. The van der Waals surface area contributed by atoms with Crippen molar-refractivity contribution >= 4 is 21.6 Å². The van der Waals surface area contributed by atoms with Crippen LogP contribution in [0.25, 0.3) is 0 Å². The summed E-state index contributed by atoms with van der Waals surface area (Å²) in [5, 5.41) is 2.84. The second kappa shape index (κ2) is 5.54. The first-order chi connectivity index (χ1) is 9.34. The maximum absolute atomic E-state index is 12.4. The summed E-state index contributed by atoms with van der Waals surface area (Å²) in [6.07, 6.45) is 1.89. The number of para-hydroxylation sites is 1.